The molecule has 0 amide bonds. The molecule has 3 fully saturated rings. The van der Waals surface area contributed by atoms with Crippen LogP contribution in [0.4, 0.5) is 0 Å². The SMILES string of the molecule is O=Cc1ccc(C(CN2CC23CCCCC3)C2CCCCC2)cc1. The van der Waals surface area contributed by atoms with Crippen LogP contribution in [0.3, 0.4) is 0 Å². The third kappa shape index (κ3) is 3.31. The highest BCUT2D eigenvalue weighted by atomic mass is 16.1. The summed E-state index contributed by atoms with van der Waals surface area (Å²) in [5.74, 6) is 1.49. The molecule has 3 aliphatic rings. The summed E-state index contributed by atoms with van der Waals surface area (Å²) in [5, 5.41) is 0. The lowest BCUT2D eigenvalue weighted by molar-refractivity contribution is 0.112. The molecule has 2 aliphatic carbocycles. The largest absolute Gasteiger partial charge is 0.298 e. The minimum Gasteiger partial charge on any atom is -0.298 e. The van der Waals surface area contributed by atoms with Crippen molar-refractivity contribution in [2.24, 2.45) is 5.92 Å². The van der Waals surface area contributed by atoms with Crippen LogP contribution in [0.5, 0.6) is 0 Å². The molecule has 1 aromatic carbocycles. The van der Waals surface area contributed by atoms with E-state index in [4.69, 9.17) is 0 Å². The van der Waals surface area contributed by atoms with Crippen LogP contribution in [0.1, 0.15) is 86.0 Å². The molecular formula is C22H31NO. The van der Waals surface area contributed by atoms with Crippen molar-refractivity contribution >= 4 is 6.29 Å². The highest BCUT2D eigenvalue weighted by Gasteiger charge is 2.52. The third-order valence-electron chi connectivity index (χ3n) is 6.97. The normalized spacial score (nSPS) is 27.8. The zero-order chi connectivity index (χ0) is 16.4. The van der Waals surface area contributed by atoms with Crippen LogP contribution in [0.15, 0.2) is 24.3 Å². The summed E-state index contributed by atoms with van der Waals surface area (Å²) in [5.41, 5.74) is 2.84. The van der Waals surface area contributed by atoms with Gasteiger partial charge in [0.15, 0.2) is 0 Å². The van der Waals surface area contributed by atoms with Crippen LogP contribution in [-0.4, -0.2) is 29.8 Å². The molecule has 0 N–H and O–H groups in total. The number of carbonyl (C=O) groups is 1. The minimum atomic E-state index is 0.577. The van der Waals surface area contributed by atoms with Crippen LogP contribution in [-0.2, 0) is 0 Å². The molecule has 24 heavy (non-hydrogen) atoms. The van der Waals surface area contributed by atoms with Crippen LogP contribution >= 0.6 is 0 Å². The van der Waals surface area contributed by atoms with E-state index >= 15 is 0 Å². The van der Waals surface area contributed by atoms with Crippen LogP contribution in [0.2, 0.25) is 0 Å². The van der Waals surface area contributed by atoms with E-state index in [0.717, 1.165) is 17.8 Å². The number of nitrogens with zero attached hydrogens (tertiary/aromatic N) is 1. The molecule has 130 valence electrons. The van der Waals surface area contributed by atoms with Gasteiger partial charge in [-0.25, -0.2) is 0 Å². The molecule has 2 heteroatoms. The molecule has 1 saturated heterocycles. The van der Waals surface area contributed by atoms with Crippen molar-refractivity contribution in [3.05, 3.63) is 35.4 Å². The van der Waals surface area contributed by atoms with E-state index in [2.05, 4.69) is 17.0 Å². The summed E-state index contributed by atoms with van der Waals surface area (Å²) in [6, 6.07) is 8.47. The lowest BCUT2D eigenvalue weighted by Gasteiger charge is -2.33. The average molecular weight is 325 g/mol. The van der Waals surface area contributed by atoms with Crippen molar-refractivity contribution in [1.82, 2.24) is 4.90 Å². The smallest absolute Gasteiger partial charge is 0.150 e. The van der Waals surface area contributed by atoms with Crippen molar-refractivity contribution < 1.29 is 4.79 Å². The Labute approximate surface area is 146 Å². The molecule has 1 aliphatic heterocycles. The summed E-state index contributed by atoms with van der Waals surface area (Å²) >= 11 is 0. The fraction of sp³-hybridized carbons (Fsp3) is 0.682. The van der Waals surface area contributed by atoms with Crippen LogP contribution < -0.4 is 0 Å². The van der Waals surface area contributed by atoms with Crippen molar-refractivity contribution in [1.29, 1.82) is 0 Å². The molecular weight excluding hydrogens is 294 g/mol. The van der Waals surface area contributed by atoms with Gasteiger partial charge in [-0.3, -0.25) is 9.69 Å². The average Bonchev–Trinajstić information content (AvgIpc) is 3.32. The van der Waals surface area contributed by atoms with Crippen molar-refractivity contribution in [2.45, 2.75) is 75.7 Å². The van der Waals surface area contributed by atoms with Gasteiger partial charge in [0.05, 0.1) is 0 Å². The van der Waals surface area contributed by atoms with E-state index in [1.54, 1.807) is 0 Å². The van der Waals surface area contributed by atoms with Gasteiger partial charge in [0.2, 0.25) is 0 Å². The Balaban J connectivity index is 1.50. The topological polar surface area (TPSA) is 20.1 Å². The first kappa shape index (κ1) is 16.3. The molecule has 0 radical (unpaired) electrons. The predicted octanol–water partition coefficient (Wildman–Crippen LogP) is 5.18. The maximum absolute atomic E-state index is 11.0. The molecule has 2 nitrogen and oxygen atoms in total. The van der Waals surface area contributed by atoms with Crippen LogP contribution in [0, 0.1) is 5.92 Å². The lowest BCUT2D eigenvalue weighted by Crippen LogP contribution is -2.28. The highest BCUT2D eigenvalue weighted by Crippen LogP contribution is 2.47. The predicted molar refractivity (Wildman–Crippen MR) is 98.5 cm³/mol. The van der Waals surface area contributed by atoms with Crippen molar-refractivity contribution in [3.8, 4) is 0 Å². The second-order valence-electron chi connectivity index (χ2n) is 8.45. The fourth-order valence-corrected chi connectivity index (χ4v) is 5.38. The van der Waals surface area contributed by atoms with Gasteiger partial charge in [0.1, 0.15) is 6.29 Å². The zero-order valence-electron chi connectivity index (χ0n) is 14.9. The molecule has 0 bridgehead atoms. The molecule has 0 aromatic heterocycles. The van der Waals surface area contributed by atoms with Gasteiger partial charge in [0, 0.05) is 24.2 Å². The van der Waals surface area contributed by atoms with E-state index < -0.39 is 0 Å². The standard InChI is InChI=1S/C22H31NO/c24-16-18-9-11-20(12-10-18)21(19-7-3-1-4-8-19)15-23-17-22(23)13-5-2-6-14-22/h9-12,16,19,21H,1-8,13-15,17H2. The second-order valence-corrected chi connectivity index (χ2v) is 8.45. The maximum atomic E-state index is 11.0. The second kappa shape index (κ2) is 7.00. The number of aldehydes is 1. The lowest BCUT2D eigenvalue weighted by atomic mass is 9.76. The molecule has 1 aromatic rings. The van der Waals surface area contributed by atoms with Gasteiger partial charge < -0.3 is 0 Å². The third-order valence-corrected chi connectivity index (χ3v) is 6.97. The van der Waals surface area contributed by atoms with E-state index in [0.29, 0.717) is 11.5 Å². The highest BCUT2D eigenvalue weighted by molar-refractivity contribution is 5.74. The van der Waals surface area contributed by atoms with E-state index in [1.807, 2.05) is 12.1 Å². The number of hydrogen-bond acceptors (Lipinski definition) is 2. The molecule has 1 spiro atoms. The Hall–Kier alpha value is -1.15. The molecule has 4 rings (SSSR count). The van der Waals surface area contributed by atoms with Gasteiger partial charge in [0.25, 0.3) is 0 Å². The fourth-order valence-electron chi connectivity index (χ4n) is 5.38. The van der Waals surface area contributed by atoms with Crippen LogP contribution in [0.25, 0.3) is 0 Å². The first-order valence-electron chi connectivity index (χ1n) is 10.1. The maximum Gasteiger partial charge on any atom is 0.150 e. The van der Waals surface area contributed by atoms with Gasteiger partial charge in [-0.15, -0.1) is 0 Å². The van der Waals surface area contributed by atoms with Gasteiger partial charge in [-0.1, -0.05) is 62.8 Å². The Kier molecular flexibility index (Phi) is 4.76. The quantitative estimate of drug-likeness (QED) is 0.549. The number of hydrogen-bond donors (Lipinski definition) is 0. The summed E-state index contributed by atoms with van der Waals surface area (Å²) < 4.78 is 0. The van der Waals surface area contributed by atoms with E-state index in [1.165, 1.54) is 82.9 Å². The minimum absolute atomic E-state index is 0.577. The first-order chi connectivity index (χ1) is 11.8. The molecule has 2 saturated carbocycles. The zero-order valence-corrected chi connectivity index (χ0v) is 14.9. The Bertz CT molecular complexity index is 552. The summed E-state index contributed by atoms with van der Waals surface area (Å²) in [4.78, 5) is 13.8. The van der Waals surface area contributed by atoms with Gasteiger partial charge in [-0.05, 0) is 43.1 Å². The Morgan fingerprint density at radius 2 is 1.67 bits per heavy atom. The van der Waals surface area contributed by atoms with Crippen molar-refractivity contribution in [3.63, 3.8) is 0 Å². The molecule has 1 heterocycles. The van der Waals surface area contributed by atoms with Gasteiger partial charge >= 0.3 is 0 Å². The monoisotopic (exact) mass is 325 g/mol. The number of rotatable bonds is 5. The Morgan fingerprint density at radius 1 is 1.00 bits per heavy atom. The summed E-state index contributed by atoms with van der Waals surface area (Å²) in [6.07, 6.45) is 15.1. The van der Waals surface area contributed by atoms with Gasteiger partial charge in [-0.2, -0.15) is 0 Å². The first-order valence-corrected chi connectivity index (χ1v) is 10.1. The molecule has 2 atom stereocenters. The summed E-state index contributed by atoms with van der Waals surface area (Å²) in [7, 11) is 0. The number of carbonyl (C=O) groups excluding carboxylic acids is 1. The Morgan fingerprint density at radius 3 is 2.33 bits per heavy atom. The van der Waals surface area contributed by atoms with E-state index in [9.17, 15) is 4.79 Å². The summed E-state index contributed by atoms with van der Waals surface area (Å²) in [6.45, 7) is 2.58. The van der Waals surface area contributed by atoms with E-state index in [-0.39, 0.29) is 0 Å². The van der Waals surface area contributed by atoms with Crippen molar-refractivity contribution in [2.75, 3.05) is 13.1 Å². The molecule has 2 unspecified atom stereocenters. The number of benzene rings is 1.